The second-order valence-corrected chi connectivity index (χ2v) is 6.16. The summed E-state index contributed by atoms with van der Waals surface area (Å²) in [5.74, 6) is 1.83. The summed E-state index contributed by atoms with van der Waals surface area (Å²) in [6, 6.07) is 9.58. The molecule has 0 radical (unpaired) electrons. The molecule has 1 aliphatic heterocycles. The van der Waals surface area contributed by atoms with Crippen molar-refractivity contribution in [2.75, 3.05) is 20.2 Å². The highest BCUT2D eigenvalue weighted by Gasteiger charge is 2.38. The van der Waals surface area contributed by atoms with Crippen LogP contribution in [0.5, 0.6) is 5.75 Å². The van der Waals surface area contributed by atoms with E-state index in [0.717, 1.165) is 17.7 Å². The number of fused-ring (bicyclic) bond motifs is 1. The molecule has 2 fully saturated rings. The summed E-state index contributed by atoms with van der Waals surface area (Å²) in [6.45, 7) is 1.92. The Morgan fingerprint density at radius 1 is 1.20 bits per heavy atom. The molecule has 1 aromatic carbocycles. The highest BCUT2D eigenvalue weighted by Crippen LogP contribution is 2.40. The zero-order chi connectivity index (χ0) is 13.9. The first kappa shape index (κ1) is 13.9. The molecular weight excluding hydrogens is 248 g/mol. The maximum atomic E-state index is 6.10. The van der Waals surface area contributed by atoms with Crippen molar-refractivity contribution in [3.05, 3.63) is 29.8 Å². The van der Waals surface area contributed by atoms with Crippen LogP contribution >= 0.6 is 0 Å². The molecule has 0 aromatic heterocycles. The lowest BCUT2D eigenvalue weighted by molar-refractivity contribution is 0.135. The van der Waals surface area contributed by atoms with E-state index in [2.05, 4.69) is 17.0 Å². The number of nitrogens with two attached hydrogens (primary N) is 1. The van der Waals surface area contributed by atoms with Crippen LogP contribution in [0.4, 0.5) is 0 Å². The van der Waals surface area contributed by atoms with Crippen LogP contribution in [0.25, 0.3) is 0 Å². The Morgan fingerprint density at radius 3 is 2.65 bits per heavy atom. The van der Waals surface area contributed by atoms with Gasteiger partial charge >= 0.3 is 0 Å². The van der Waals surface area contributed by atoms with E-state index < -0.39 is 0 Å². The standard InChI is InChI=1S/C17H26N2O/c1-20-15-8-6-14(7-9-15)17(12-18)19-11-10-13-4-2-3-5-16(13)19/h6-9,13,16-17H,2-5,10-12,18H2,1H3. The van der Waals surface area contributed by atoms with Gasteiger partial charge in [0.05, 0.1) is 7.11 Å². The largest absolute Gasteiger partial charge is 0.497 e. The van der Waals surface area contributed by atoms with Gasteiger partial charge in [-0.3, -0.25) is 4.90 Å². The molecule has 3 nitrogen and oxygen atoms in total. The van der Waals surface area contributed by atoms with Gasteiger partial charge in [0.1, 0.15) is 5.75 Å². The van der Waals surface area contributed by atoms with Gasteiger partial charge in [0.15, 0.2) is 0 Å². The Bertz CT molecular complexity index is 431. The van der Waals surface area contributed by atoms with E-state index in [1.807, 2.05) is 12.1 Å². The Kier molecular flexibility index (Phi) is 4.27. The van der Waals surface area contributed by atoms with Crippen LogP contribution in [0, 0.1) is 5.92 Å². The maximum Gasteiger partial charge on any atom is 0.118 e. The van der Waals surface area contributed by atoms with Crippen molar-refractivity contribution < 1.29 is 4.74 Å². The van der Waals surface area contributed by atoms with E-state index >= 15 is 0 Å². The van der Waals surface area contributed by atoms with Gasteiger partial charge < -0.3 is 10.5 Å². The minimum absolute atomic E-state index is 0.369. The summed E-state index contributed by atoms with van der Waals surface area (Å²) in [7, 11) is 1.71. The average molecular weight is 274 g/mol. The van der Waals surface area contributed by atoms with Crippen molar-refractivity contribution in [2.45, 2.75) is 44.2 Å². The molecule has 20 heavy (non-hydrogen) atoms. The number of likely N-dealkylation sites (tertiary alicyclic amines) is 1. The topological polar surface area (TPSA) is 38.5 Å². The van der Waals surface area contributed by atoms with Gasteiger partial charge in [0.2, 0.25) is 0 Å². The normalized spacial score (nSPS) is 28.1. The van der Waals surface area contributed by atoms with E-state index in [-0.39, 0.29) is 0 Å². The van der Waals surface area contributed by atoms with Gasteiger partial charge in [-0.05, 0) is 49.4 Å². The fraction of sp³-hybridized carbons (Fsp3) is 0.647. The number of hydrogen-bond donors (Lipinski definition) is 1. The molecule has 0 spiro atoms. The van der Waals surface area contributed by atoms with Gasteiger partial charge in [0.25, 0.3) is 0 Å². The highest BCUT2D eigenvalue weighted by atomic mass is 16.5. The van der Waals surface area contributed by atoms with Gasteiger partial charge in [0, 0.05) is 18.6 Å². The van der Waals surface area contributed by atoms with Crippen LogP contribution < -0.4 is 10.5 Å². The molecule has 110 valence electrons. The molecule has 2 aliphatic rings. The van der Waals surface area contributed by atoms with Crippen molar-refractivity contribution in [1.82, 2.24) is 4.90 Å². The second-order valence-electron chi connectivity index (χ2n) is 6.16. The summed E-state index contributed by atoms with van der Waals surface area (Å²) in [5.41, 5.74) is 7.44. The average Bonchev–Trinajstić information content (AvgIpc) is 2.93. The van der Waals surface area contributed by atoms with Crippen LogP contribution in [-0.2, 0) is 0 Å². The van der Waals surface area contributed by atoms with E-state index in [9.17, 15) is 0 Å². The molecule has 3 rings (SSSR count). The minimum atomic E-state index is 0.369. The molecule has 0 bridgehead atoms. The monoisotopic (exact) mass is 274 g/mol. The van der Waals surface area contributed by atoms with Crippen LogP contribution in [0.3, 0.4) is 0 Å². The van der Waals surface area contributed by atoms with Crippen LogP contribution in [0.15, 0.2) is 24.3 Å². The maximum absolute atomic E-state index is 6.10. The fourth-order valence-electron chi connectivity index (χ4n) is 4.12. The Hall–Kier alpha value is -1.06. The van der Waals surface area contributed by atoms with Gasteiger partial charge in [-0.1, -0.05) is 25.0 Å². The SMILES string of the molecule is COc1ccc(C(CN)N2CCC3CCCCC32)cc1. The number of ether oxygens (including phenoxy) is 1. The van der Waals surface area contributed by atoms with Crippen LogP contribution in [0.2, 0.25) is 0 Å². The number of benzene rings is 1. The molecule has 1 saturated carbocycles. The van der Waals surface area contributed by atoms with Crippen molar-refractivity contribution >= 4 is 0 Å². The molecule has 2 N–H and O–H groups in total. The summed E-state index contributed by atoms with van der Waals surface area (Å²) >= 11 is 0. The van der Waals surface area contributed by atoms with Crippen molar-refractivity contribution in [1.29, 1.82) is 0 Å². The first-order chi connectivity index (χ1) is 9.83. The van der Waals surface area contributed by atoms with Crippen molar-refractivity contribution in [3.8, 4) is 5.75 Å². The molecule has 1 saturated heterocycles. The lowest BCUT2D eigenvalue weighted by Gasteiger charge is -2.37. The third-order valence-electron chi connectivity index (χ3n) is 5.18. The predicted molar refractivity (Wildman–Crippen MR) is 81.9 cm³/mol. The van der Waals surface area contributed by atoms with E-state index in [1.165, 1.54) is 44.2 Å². The molecule has 3 atom stereocenters. The first-order valence-electron chi connectivity index (χ1n) is 7.93. The summed E-state index contributed by atoms with van der Waals surface area (Å²) in [6.07, 6.45) is 6.94. The minimum Gasteiger partial charge on any atom is -0.497 e. The van der Waals surface area contributed by atoms with Crippen LogP contribution in [-0.4, -0.2) is 31.1 Å². The van der Waals surface area contributed by atoms with Gasteiger partial charge in [-0.15, -0.1) is 0 Å². The number of hydrogen-bond acceptors (Lipinski definition) is 3. The van der Waals surface area contributed by atoms with E-state index in [1.54, 1.807) is 7.11 Å². The molecule has 0 amide bonds. The van der Waals surface area contributed by atoms with Gasteiger partial charge in [-0.25, -0.2) is 0 Å². The Balaban J connectivity index is 1.78. The zero-order valence-electron chi connectivity index (χ0n) is 12.4. The lowest BCUT2D eigenvalue weighted by atomic mass is 9.84. The number of methoxy groups -OCH3 is 1. The quantitative estimate of drug-likeness (QED) is 0.917. The Morgan fingerprint density at radius 2 is 1.95 bits per heavy atom. The molecule has 3 unspecified atom stereocenters. The Labute approximate surface area is 122 Å². The van der Waals surface area contributed by atoms with E-state index in [4.69, 9.17) is 10.5 Å². The zero-order valence-corrected chi connectivity index (χ0v) is 12.4. The summed E-state index contributed by atoms with van der Waals surface area (Å²) in [4.78, 5) is 2.67. The molecule has 1 aromatic rings. The second kappa shape index (κ2) is 6.15. The summed E-state index contributed by atoms with van der Waals surface area (Å²) < 4.78 is 5.25. The third kappa shape index (κ3) is 2.57. The number of rotatable bonds is 4. The predicted octanol–water partition coefficient (Wildman–Crippen LogP) is 2.96. The van der Waals surface area contributed by atoms with Crippen molar-refractivity contribution in [3.63, 3.8) is 0 Å². The fourth-order valence-corrected chi connectivity index (χ4v) is 4.12. The smallest absolute Gasteiger partial charge is 0.118 e. The van der Waals surface area contributed by atoms with E-state index in [0.29, 0.717) is 12.6 Å². The lowest BCUT2D eigenvalue weighted by Crippen LogP contribution is -2.40. The highest BCUT2D eigenvalue weighted by molar-refractivity contribution is 5.29. The molecule has 3 heteroatoms. The van der Waals surface area contributed by atoms with Gasteiger partial charge in [-0.2, -0.15) is 0 Å². The number of nitrogens with zero attached hydrogens (tertiary/aromatic N) is 1. The summed E-state index contributed by atoms with van der Waals surface area (Å²) in [5, 5.41) is 0. The molecular formula is C17H26N2O. The van der Waals surface area contributed by atoms with Crippen molar-refractivity contribution in [2.24, 2.45) is 11.7 Å². The molecule has 1 heterocycles. The third-order valence-corrected chi connectivity index (χ3v) is 5.18. The first-order valence-corrected chi connectivity index (χ1v) is 7.93. The molecule has 1 aliphatic carbocycles. The van der Waals surface area contributed by atoms with Crippen LogP contribution in [0.1, 0.15) is 43.7 Å².